The van der Waals surface area contributed by atoms with Crippen LogP contribution < -0.4 is 5.32 Å². The fraction of sp³-hybridized carbons (Fsp3) is 0.417. The highest BCUT2D eigenvalue weighted by Crippen LogP contribution is 2.31. The van der Waals surface area contributed by atoms with Crippen molar-refractivity contribution in [3.05, 3.63) is 27.7 Å². The van der Waals surface area contributed by atoms with E-state index in [1.54, 1.807) is 0 Å². The monoisotopic (exact) mass is 357 g/mol. The maximum Gasteiger partial charge on any atom is 0.262 e. The van der Waals surface area contributed by atoms with Crippen LogP contribution in [0.25, 0.3) is 0 Å². The molecule has 1 N–H and O–H groups in total. The number of rotatable bonds is 5. The van der Waals surface area contributed by atoms with Gasteiger partial charge < -0.3 is 5.32 Å². The molecule has 0 heterocycles. The molecule has 1 aromatic rings. The molecule has 0 aliphatic heterocycles. The van der Waals surface area contributed by atoms with Crippen molar-refractivity contribution >= 4 is 48.8 Å². The summed E-state index contributed by atoms with van der Waals surface area (Å²) in [6.45, 7) is 4.51. The topological polar surface area (TPSA) is 63.2 Å². The van der Waals surface area contributed by atoms with Crippen LogP contribution in [0.3, 0.4) is 0 Å². The predicted octanol–water partition coefficient (Wildman–Crippen LogP) is 3.70. The molecule has 112 valence electrons. The second-order valence-corrected chi connectivity index (χ2v) is 7.99. The number of hydrogen-bond donors (Lipinski definition) is 1. The maximum absolute atomic E-state index is 12.0. The molecule has 0 aromatic heterocycles. The van der Waals surface area contributed by atoms with Gasteiger partial charge >= 0.3 is 0 Å². The lowest BCUT2D eigenvalue weighted by Gasteiger charge is -2.10. The van der Waals surface area contributed by atoms with Crippen LogP contribution in [0.2, 0.25) is 10.0 Å². The van der Waals surface area contributed by atoms with Gasteiger partial charge in [-0.1, -0.05) is 37.0 Å². The first-order chi connectivity index (χ1) is 9.12. The zero-order valence-electron chi connectivity index (χ0n) is 10.9. The van der Waals surface area contributed by atoms with Crippen molar-refractivity contribution in [3.8, 4) is 0 Å². The Kier molecular flexibility index (Phi) is 6.13. The van der Waals surface area contributed by atoms with Gasteiger partial charge in [0.25, 0.3) is 15.0 Å². The summed E-state index contributed by atoms with van der Waals surface area (Å²) in [7, 11) is 1.19. The number of nitrogens with one attached hydrogen (secondary N) is 1. The van der Waals surface area contributed by atoms with E-state index in [0.717, 1.165) is 12.5 Å². The largest absolute Gasteiger partial charge is 0.352 e. The first-order valence-corrected chi connectivity index (χ1v) is 8.91. The Labute approximate surface area is 132 Å². The average Bonchev–Trinajstić information content (AvgIpc) is 2.29. The van der Waals surface area contributed by atoms with Gasteiger partial charge in [-0.05, 0) is 24.5 Å². The van der Waals surface area contributed by atoms with E-state index in [2.05, 4.69) is 5.32 Å². The minimum atomic E-state index is -4.07. The molecule has 0 bridgehead atoms. The van der Waals surface area contributed by atoms with Gasteiger partial charge in [0.05, 0.1) is 10.6 Å². The summed E-state index contributed by atoms with van der Waals surface area (Å²) in [6.07, 6.45) is 0.796. The molecule has 1 rings (SSSR count). The van der Waals surface area contributed by atoms with Crippen LogP contribution in [-0.2, 0) is 9.05 Å². The summed E-state index contributed by atoms with van der Waals surface area (Å²) < 4.78 is 22.7. The van der Waals surface area contributed by atoms with Gasteiger partial charge in [-0.2, -0.15) is 0 Å². The van der Waals surface area contributed by atoms with Gasteiger partial charge in [0.2, 0.25) is 0 Å². The van der Waals surface area contributed by atoms with Gasteiger partial charge in [-0.3, -0.25) is 4.79 Å². The highest BCUT2D eigenvalue weighted by molar-refractivity contribution is 8.13. The summed E-state index contributed by atoms with van der Waals surface area (Å²) in [6, 6.07) is 2.41. The standard InChI is InChI=1S/C12H14Cl3NO3S/c1-7(2)3-4-16-12(17)9-5-8(13)6-10(11(9)14)20(15,18)19/h5-7H,3-4H2,1-2H3,(H,16,17). The maximum atomic E-state index is 12.0. The van der Waals surface area contributed by atoms with Crippen molar-refractivity contribution in [3.63, 3.8) is 0 Å². The Morgan fingerprint density at radius 3 is 2.40 bits per heavy atom. The Hall–Kier alpha value is -0.490. The second kappa shape index (κ2) is 6.98. The number of carbonyl (C=O) groups is 1. The lowest BCUT2D eigenvalue weighted by molar-refractivity contribution is 0.0952. The highest BCUT2D eigenvalue weighted by Gasteiger charge is 2.22. The lowest BCUT2D eigenvalue weighted by Crippen LogP contribution is -2.25. The van der Waals surface area contributed by atoms with Crippen molar-refractivity contribution < 1.29 is 13.2 Å². The smallest absolute Gasteiger partial charge is 0.262 e. The van der Waals surface area contributed by atoms with Gasteiger partial charge in [-0.15, -0.1) is 0 Å². The number of carbonyl (C=O) groups excluding carboxylic acids is 1. The molecule has 8 heteroatoms. The predicted molar refractivity (Wildman–Crippen MR) is 81.3 cm³/mol. The van der Waals surface area contributed by atoms with Gasteiger partial charge in [0.1, 0.15) is 4.90 Å². The van der Waals surface area contributed by atoms with E-state index in [4.69, 9.17) is 33.9 Å². The molecule has 0 saturated heterocycles. The Bertz CT molecular complexity index is 615. The molecule has 0 saturated carbocycles. The van der Waals surface area contributed by atoms with E-state index in [-0.39, 0.29) is 20.5 Å². The summed E-state index contributed by atoms with van der Waals surface area (Å²) in [4.78, 5) is 11.6. The van der Waals surface area contributed by atoms with Crippen molar-refractivity contribution in [2.24, 2.45) is 5.92 Å². The van der Waals surface area contributed by atoms with E-state index in [9.17, 15) is 13.2 Å². The van der Waals surface area contributed by atoms with Crippen LogP contribution in [0.5, 0.6) is 0 Å². The minimum Gasteiger partial charge on any atom is -0.352 e. The Balaban J connectivity index is 3.07. The molecule has 20 heavy (non-hydrogen) atoms. The third kappa shape index (κ3) is 4.81. The second-order valence-electron chi connectivity index (χ2n) is 4.64. The number of benzene rings is 1. The van der Waals surface area contributed by atoms with Crippen LogP contribution in [0.4, 0.5) is 0 Å². The van der Waals surface area contributed by atoms with Crippen molar-refractivity contribution in [1.82, 2.24) is 5.32 Å². The van der Waals surface area contributed by atoms with Crippen LogP contribution >= 0.6 is 33.9 Å². The molecule has 0 unspecified atom stereocenters. The average molecular weight is 359 g/mol. The van der Waals surface area contributed by atoms with Crippen LogP contribution in [0.15, 0.2) is 17.0 Å². The van der Waals surface area contributed by atoms with Crippen LogP contribution in [-0.4, -0.2) is 20.9 Å². The molecular formula is C12H14Cl3NO3S. The number of halogens is 3. The Morgan fingerprint density at radius 2 is 1.90 bits per heavy atom. The minimum absolute atomic E-state index is 0.0119. The van der Waals surface area contributed by atoms with Crippen molar-refractivity contribution in [2.45, 2.75) is 25.2 Å². The zero-order chi connectivity index (χ0) is 15.5. The first-order valence-electron chi connectivity index (χ1n) is 5.85. The van der Waals surface area contributed by atoms with E-state index in [1.807, 2.05) is 13.8 Å². The van der Waals surface area contributed by atoms with Crippen molar-refractivity contribution in [1.29, 1.82) is 0 Å². The summed E-state index contributed by atoms with van der Waals surface area (Å²) in [5.74, 6) is -0.0522. The fourth-order valence-corrected chi connectivity index (χ4v) is 3.33. The third-order valence-electron chi connectivity index (χ3n) is 2.52. The molecule has 4 nitrogen and oxygen atoms in total. The Morgan fingerprint density at radius 1 is 1.30 bits per heavy atom. The molecule has 1 aromatic carbocycles. The molecule has 0 atom stereocenters. The zero-order valence-corrected chi connectivity index (χ0v) is 14.0. The summed E-state index contributed by atoms with van der Waals surface area (Å²) in [5.41, 5.74) is -0.0119. The molecule has 0 aliphatic rings. The van der Waals surface area contributed by atoms with Crippen LogP contribution in [0.1, 0.15) is 30.6 Å². The summed E-state index contributed by atoms with van der Waals surface area (Å²) in [5, 5.41) is 2.50. The quantitative estimate of drug-likeness (QED) is 0.816. The van der Waals surface area contributed by atoms with Crippen LogP contribution in [0, 0.1) is 5.92 Å². The summed E-state index contributed by atoms with van der Waals surface area (Å²) >= 11 is 11.7. The SMILES string of the molecule is CC(C)CCNC(=O)c1cc(Cl)cc(S(=O)(=O)Cl)c1Cl. The number of hydrogen-bond acceptors (Lipinski definition) is 3. The van der Waals surface area contributed by atoms with E-state index < -0.39 is 15.0 Å². The molecule has 1 amide bonds. The van der Waals surface area contributed by atoms with Gasteiger partial charge in [0.15, 0.2) is 0 Å². The van der Waals surface area contributed by atoms with E-state index in [1.165, 1.54) is 6.07 Å². The highest BCUT2D eigenvalue weighted by atomic mass is 35.7. The molecule has 0 aliphatic carbocycles. The molecular weight excluding hydrogens is 345 g/mol. The normalized spacial score (nSPS) is 11.7. The van der Waals surface area contributed by atoms with E-state index in [0.29, 0.717) is 12.5 Å². The molecule has 0 spiro atoms. The fourth-order valence-electron chi connectivity index (χ4n) is 1.48. The lowest BCUT2D eigenvalue weighted by atomic mass is 10.1. The first kappa shape index (κ1) is 17.6. The van der Waals surface area contributed by atoms with Gasteiger partial charge in [0, 0.05) is 22.2 Å². The van der Waals surface area contributed by atoms with E-state index >= 15 is 0 Å². The van der Waals surface area contributed by atoms with Crippen molar-refractivity contribution in [2.75, 3.05) is 6.54 Å². The molecule has 0 radical (unpaired) electrons. The third-order valence-corrected chi connectivity index (χ3v) is 4.60. The molecule has 0 fully saturated rings. The number of amides is 1. The van der Waals surface area contributed by atoms with Gasteiger partial charge in [-0.25, -0.2) is 8.42 Å².